The van der Waals surface area contributed by atoms with Crippen molar-refractivity contribution in [3.8, 4) is 16.9 Å². The van der Waals surface area contributed by atoms with E-state index in [2.05, 4.69) is 6.58 Å². The normalized spacial score (nSPS) is 10.2. The van der Waals surface area contributed by atoms with E-state index in [-0.39, 0.29) is 18.1 Å². The molecule has 0 saturated carbocycles. The van der Waals surface area contributed by atoms with Crippen LogP contribution >= 0.6 is 0 Å². The highest BCUT2D eigenvalue weighted by Crippen LogP contribution is 2.25. The van der Waals surface area contributed by atoms with Crippen molar-refractivity contribution in [3.63, 3.8) is 0 Å². The summed E-state index contributed by atoms with van der Waals surface area (Å²) in [4.78, 5) is 11.5. The molecule has 0 unspecified atom stereocenters. The van der Waals surface area contributed by atoms with Crippen molar-refractivity contribution in [2.45, 2.75) is 13.3 Å². The van der Waals surface area contributed by atoms with Crippen LogP contribution in [-0.4, -0.2) is 11.1 Å². The Labute approximate surface area is 122 Å². The van der Waals surface area contributed by atoms with Crippen LogP contribution in [-0.2, 0) is 16.0 Å². The van der Waals surface area contributed by atoms with E-state index in [1.165, 1.54) is 12.1 Å². The van der Waals surface area contributed by atoms with E-state index in [4.69, 9.17) is 4.74 Å². The van der Waals surface area contributed by atoms with Gasteiger partial charge in [0.05, 0.1) is 12.2 Å². The van der Waals surface area contributed by atoms with Crippen molar-refractivity contribution >= 4 is 5.97 Å². The first-order valence-corrected chi connectivity index (χ1v) is 6.40. The maximum atomic E-state index is 13.3. The molecule has 0 aliphatic heterocycles. The molecule has 108 valence electrons. The lowest BCUT2D eigenvalue weighted by Crippen LogP contribution is -2.06. The zero-order chi connectivity index (χ0) is 15.4. The molecular formula is C17H15FO3. The van der Waals surface area contributed by atoms with Crippen LogP contribution in [0.5, 0.6) is 5.75 Å². The van der Waals surface area contributed by atoms with Crippen LogP contribution in [0, 0.1) is 5.82 Å². The molecule has 4 heteroatoms. The molecule has 0 amide bonds. The van der Waals surface area contributed by atoms with Gasteiger partial charge in [0.1, 0.15) is 0 Å². The number of phenols is 1. The number of aromatic hydroxyl groups is 1. The number of hydrogen-bond acceptors (Lipinski definition) is 3. The number of allylic oxidation sites excluding steroid dienone is 1. The van der Waals surface area contributed by atoms with Crippen molar-refractivity contribution in [1.29, 1.82) is 0 Å². The fourth-order valence-corrected chi connectivity index (χ4v) is 1.90. The maximum Gasteiger partial charge on any atom is 0.315 e. The zero-order valence-corrected chi connectivity index (χ0v) is 11.6. The second kappa shape index (κ2) is 6.22. The van der Waals surface area contributed by atoms with Crippen LogP contribution in [0.1, 0.15) is 12.5 Å². The first-order chi connectivity index (χ1) is 9.95. The Balaban J connectivity index is 2.13. The summed E-state index contributed by atoms with van der Waals surface area (Å²) in [5.41, 5.74) is 2.25. The molecule has 0 fully saturated rings. The average molecular weight is 286 g/mol. The van der Waals surface area contributed by atoms with Gasteiger partial charge in [-0.1, -0.05) is 36.9 Å². The molecule has 0 atom stereocenters. The number of carbonyl (C=O) groups excluding carboxylic acids is 1. The summed E-state index contributed by atoms with van der Waals surface area (Å²) < 4.78 is 18.2. The van der Waals surface area contributed by atoms with E-state index in [1.807, 2.05) is 0 Å². The van der Waals surface area contributed by atoms with Gasteiger partial charge >= 0.3 is 5.97 Å². The monoisotopic (exact) mass is 286 g/mol. The molecule has 2 aromatic rings. The highest BCUT2D eigenvalue weighted by atomic mass is 19.1. The van der Waals surface area contributed by atoms with Crippen molar-refractivity contribution in [3.05, 3.63) is 66.2 Å². The molecule has 0 aliphatic carbocycles. The molecule has 3 nitrogen and oxygen atoms in total. The van der Waals surface area contributed by atoms with Gasteiger partial charge in [0.2, 0.25) is 0 Å². The Hall–Kier alpha value is -2.62. The lowest BCUT2D eigenvalue weighted by atomic mass is 10.0. The summed E-state index contributed by atoms with van der Waals surface area (Å²) in [6.45, 7) is 5.12. The molecular weight excluding hydrogens is 271 g/mol. The summed E-state index contributed by atoms with van der Waals surface area (Å²) in [7, 11) is 0. The van der Waals surface area contributed by atoms with Gasteiger partial charge in [-0.2, -0.15) is 0 Å². The van der Waals surface area contributed by atoms with Gasteiger partial charge in [-0.25, -0.2) is 4.39 Å². The molecule has 0 saturated heterocycles. The molecule has 0 bridgehead atoms. The van der Waals surface area contributed by atoms with Crippen LogP contribution in [0.4, 0.5) is 4.39 Å². The number of phenolic OH excluding ortho intramolecular Hbond substituents is 1. The standard InChI is InChI=1S/C17H15FO3/c1-11(2)21-17(20)9-12-3-5-13(6-4-12)14-7-8-16(19)15(18)10-14/h3-8,10,19H,1,9H2,2H3. The van der Waals surface area contributed by atoms with E-state index in [1.54, 1.807) is 37.3 Å². The molecule has 0 aromatic heterocycles. The van der Waals surface area contributed by atoms with Crippen LogP contribution in [0.2, 0.25) is 0 Å². The molecule has 0 radical (unpaired) electrons. The number of halogens is 1. The predicted molar refractivity (Wildman–Crippen MR) is 78.1 cm³/mol. The van der Waals surface area contributed by atoms with E-state index >= 15 is 0 Å². The van der Waals surface area contributed by atoms with Gasteiger partial charge in [-0.15, -0.1) is 0 Å². The molecule has 0 spiro atoms. The highest BCUT2D eigenvalue weighted by molar-refractivity contribution is 5.74. The molecule has 0 aliphatic rings. The van der Waals surface area contributed by atoms with Crippen LogP contribution in [0.15, 0.2) is 54.8 Å². The minimum absolute atomic E-state index is 0.150. The Morgan fingerprint density at radius 3 is 2.38 bits per heavy atom. The van der Waals surface area contributed by atoms with Gasteiger partial charge in [-0.05, 0) is 35.7 Å². The Morgan fingerprint density at radius 1 is 1.19 bits per heavy atom. The largest absolute Gasteiger partial charge is 0.505 e. The van der Waals surface area contributed by atoms with Gasteiger partial charge < -0.3 is 9.84 Å². The lowest BCUT2D eigenvalue weighted by Gasteiger charge is -2.06. The van der Waals surface area contributed by atoms with Gasteiger partial charge in [0.25, 0.3) is 0 Å². The van der Waals surface area contributed by atoms with E-state index in [9.17, 15) is 14.3 Å². The smallest absolute Gasteiger partial charge is 0.315 e. The molecule has 2 rings (SSSR count). The third kappa shape index (κ3) is 3.92. The second-order valence-electron chi connectivity index (χ2n) is 4.72. The third-order valence-corrected chi connectivity index (χ3v) is 2.87. The lowest BCUT2D eigenvalue weighted by molar-refractivity contribution is -0.138. The molecule has 0 heterocycles. The van der Waals surface area contributed by atoms with E-state index in [0.29, 0.717) is 11.3 Å². The minimum Gasteiger partial charge on any atom is -0.505 e. The molecule has 1 N–H and O–H groups in total. The predicted octanol–water partition coefficient (Wildman–Crippen LogP) is 3.82. The number of benzene rings is 2. The van der Waals surface area contributed by atoms with Crippen LogP contribution in [0.25, 0.3) is 11.1 Å². The number of esters is 1. The van der Waals surface area contributed by atoms with Crippen molar-refractivity contribution in [1.82, 2.24) is 0 Å². The fourth-order valence-electron chi connectivity index (χ4n) is 1.90. The third-order valence-electron chi connectivity index (χ3n) is 2.87. The fraction of sp³-hybridized carbons (Fsp3) is 0.118. The molecule has 2 aromatic carbocycles. The number of carbonyl (C=O) groups is 1. The second-order valence-corrected chi connectivity index (χ2v) is 4.72. The highest BCUT2D eigenvalue weighted by Gasteiger charge is 2.07. The Kier molecular flexibility index (Phi) is 4.38. The van der Waals surface area contributed by atoms with Crippen molar-refractivity contribution in [2.75, 3.05) is 0 Å². The topological polar surface area (TPSA) is 46.5 Å². The number of rotatable bonds is 4. The van der Waals surface area contributed by atoms with Crippen molar-refractivity contribution in [2.24, 2.45) is 0 Å². The summed E-state index contributed by atoms with van der Waals surface area (Å²) >= 11 is 0. The average Bonchev–Trinajstić information content (AvgIpc) is 2.42. The van der Waals surface area contributed by atoms with Crippen molar-refractivity contribution < 1.29 is 19.0 Å². The first kappa shape index (κ1) is 14.8. The summed E-state index contributed by atoms with van der Waals surface area (Å²) in [6, 6.07) is 11.3. The maximum absolute atomic E-state index is 13.3. The van der Waals surface area contributed by atoms with Gasteiger partial charge in [0, 0.05) is 0 Å². The number of ether oxygens (including phenoxy) is 1. The Morgan fingerprint density at radius 2 is 1.81 bits per heavy atom. The quantitative estimate of drug-likeness (QED) is 0.686. The molecule has 21 heavy (non-hydrogen) atoms. The van der Waals surface area contributed by atoms with Gasteiger partial charge in [0.15, 0.2) is 11.6 Å². The van der Waals surface area contributed by atoms with E-state index < -0.39 is 5.82 Å². The summed E-state index contributed by atoms with van der Waals surface area (Å²) in [6.07, 6.45) is 0.150. The first-order valence-electron chi connectivity index (χ1n) is 6.40. The van der Waals surface area contributed by atoms with E-state index in [0.717, 1.165) is 11.1 Å². The van der Waals surface area contributed by atoms with Crippen LogP contribution < -0.4 is 0 Å². The zero-order valence-electron chi connectivity index (χ0n) is 11.6. The minimum atomic E-state index is -0.665. The summed E-state index contributed by atoms with van der Waals surface area (Å²) in [5.74, 6) is -1.05. The SMILES string of the molecule is C=C(C)OC(=O)Cc1ccc(-c2ccc(O)c(F)c2)cc1. The number of hydrogen-bond donors (Lipinski definition) is 1. The summed E-state index contributed by atoms with van der Waals surface area (Å²) in [5, 5.41) is 9.17. The van der Waals surface area contributed by atoms with Gasteiger partial charge in [-0.3, -0.25) is 4.79 Å². The Bertz CT molecular complexity index is 675. The van der Waals surface area contributed by atoms with Crippen LogP contribution in [0.3, 0.4) is 0 Å².